The Labute approximate surface area is 174 Å². The van der Waals surface area contributed by atoms with Crippen LogP contribution in [-0.2, 0) is 24.2 Å². The summed E-state index contributed by atoms with van der Waals surface area (Å²) in [5, 5.41) is 7.30. The zero-order chi connectivity index (χ0) is 19.6. The Kier molecular flexibility index (Phi) is 8.27. The molecule has 0 bridgehead atoms. The van der Waals surface area contributed by atoms with Gasteiger partial charge in [0.25, 0.3) is 0 Å². The molecule has 28 heavy (non-hydrogen) atoms. The third kappa shape index (κ3) is 6.59. The standard InChI is InChI=1S/C23H31N3OS/c1-2-3-6-19-9-11-22(12-10-19)25-23(28)24-17-20-7-4-5-8-21(20)18-26-13-15-27-16-14-26/h4-5,7-12H,2-3,6,13-18H2,1H3,(H2,24,25,28). The van der Waals surface area contributed by atoms with Crippen molar-refractivity contribution < 1.29 is 4.74 Å². The molecule has 0 aromatic heterocycles. The third-order valence-corrected chi connectivity index (χ3v) is 5.33. The van der Waals surface area contributed by atoms with Crippen molar-refractivity contribution in [2.45, 2.75) is 39.3 Å². The van der Waals surface area contributed by atoms with Crippen LogP contribution in [0.4, 0.5) is 5.69 Å². The van der Waals surface area contributed by atoms with Crippen LogP contribution in [0.25, 0.3) is 0 Å². The number of hydrogen-bond donors (Lipinski definition) is 2. The number of morpholine rings is 1. The van der Waals surface area contributed by atoms with Crippen molar-refractivity contribution >= 4 is 23.0 Å². The normalized spacial score (nSPS) is 14.6. The van der Waals surface area contributed by atoms with Crippen molar-refractivity contribution in [1.82, 2.24) is 10.2 Å². The van der Waals surface area contributed by atoms with E-state index >= 15 is 0 Å². The smallest absolute Gasteiger partial charge is 0.171 e. The summed E-state index contributed by atoms with van der Waals surface area (Å²) < 4.78 is 5.45. The van der Waals surface area contributed by atoms with E-state index in [4.69, 9.17) is 17.0 Å². The zero-order valence-electron chi connectivity index (χ0n) is 16.7. The van der Waals surface area contributed by atoms with Crippen LogP contribution >= 0.6 is 12.2 Å². The summed E-state index contributed by atoms with van der Waals surface area (Å²) in [4.78, 5) is 2.44. The van der Waals surface area contributed by atoms with E-state index in [1.807, 2.05) is 0 Å². The molecule has 1 aliphatic heterocycles. The Morgan fingerprint density at radius 3 is 2.46 bits per heavy atom. The van der Waals surface area contributed by atoms with Gasteiger partial charge in [-0.05, 0) is 53.9 Å². The van der Waals surface area contributed by atoms with Crippen molar-refractivity contribution in [3.05, 3.63) is 65.2 Å². The maximum absolute atomic E-state index is 5.49. The zero-order valence-corrected chi connectivity index (χ0v) is 17.6. The molecule has 0 spiro atoms. The van der Waals surface area contributed by atoms with Gasteiger partial charge in [0.15, 0.2) is 5.11 Å². The first-order valence-corrected chi connectivity index (χ1v) is 10.7. The lowest BCUT2D eigenvalue weighted by atomic mass is 10.1. The van der Waals surface area contributed by atoms with Gasteiger partial charge in [-0.25, -0.2) is 0 Å². The van der Waals surface area contributed by atoms with Gasteiger partial charge in [0.05, 0.1) is 13.2 Å². The van der Waals surface area contributed by atoms with Gasteiger partial charge in [0, 0.05) is 31.9 Å². The fourth-order valence-corrected chi connectivity index (χ4v) is 3.56. The molecule has 0 unspecified atom stereocenters. The van der Waals surface area contributed by atoms with Gasteiger partial charge >= 0.3 is 0 Å². The molecule has 5 heteroatoms. The van der Waals surface area contributed by atoms with Crippen molar-refractivity contribution in [2.24, 2.45) is 0 Å². The molecule has 1 fully saturated rings. The molecule has 150 valence electrons. The van der Waals surface area contributed by atoms with Crippen molar-refractivity contribution in [2.75, 3.05) is 31.6 Å². The maximum Gasteiger partial charge on any atom is 0.171 e. The van der Waals surface area contributed by atoms with Crippen LogP contribution in [-0.4, -0.2) is 36.3 Å². The molecule has 0 amide bonds. The van der Waals surface area contributed by atoms with Crippen LogP contribution in [0.1, 0.15) is 36.5 Å². The van der Waals surface area contributed by atoms with Crippen molar-refractivity contribution in [3.63, 3.8) is 0 Å². The van der Waals surface area contributed by atoms with Gasteiger partial charge < -0.3 is 15.4 Å². The van der Waals surface area contributed by atoms with E-state index in [9.17, 15) is 0 Å². The fraction of sp³-hybridized carbons (Fsp3) is 0.435. The van der Waals surface area contributed by atoms with E-state index in [0.29, 0.717) is 5.11 Å². The number of rotatable bonds is 8. The van der Waals surface area contributed by atoms with Crippen LogP contribution in [0.15, 0.2) is 48.5 Å². The largest absolute Gasteiger partial charge is 0.379 e. The Hall–Kier alpha value is -1.95. The minimum Gasteiger partial charge on any atom is -0.379 e. The summed E-state index contributed by atoms with van der Waals surface area (Å²) in [6.07, 6.45) is 3.59. The molecule has 2 aromatic rings. The average Bonchev–Trinajstić information content (AvgIpc) is 2.73. The molecule has 1 saturated heterocycles. The third-order valence-electron chi connectivity index (χ3n) is 5.09. The van der Waals surface area contributed by atoms with Gasteiger partial charge in [-0.3, -0.25) is 4.90 Å². The van der Waals surface area contributed by atoms with Crippen LogP contribution < -0.4 is 10.6 Å². The van der Waals surface area contributed by atoms with Gasteiger partial charge in [-0.2, -0.15) is 0 Å². The topological polar surface area (TPSA) is 36.5 Å². The summed E-state index contributed by atoms with van der Waals surface area (Å²) in [6.45, 7) is 7.55. The Balaban J connectivity index is 1.50. The van der Waals surface area contributed by atoms with Crippen molar-refractivity contribution in [3.8, 4) is 0 Å². The second-order valence-electron chi connectivity index (χ2n) is 7.27. The van der Waals surface area contributed by atoms with Gasteiger partial charge in [0.2, 0.25) is 0 Å². The van der Waals surface area contributed by atoms with Crippen LogP contribution in [0.2, 0.25) is 0 Å². The number of nitrogens with one attached hydrogen (secondary N) is 2. The highest BCUT2D eigenvalue weighted by Gasteiger charge is 2.12. The van der Waals surface area contributed by atoms with Gasteiger partial charge in [0.1, 0.15) is 0 Å². The lowest BCUT2D eigenvalue weighted by Crippen LogP contribution is -2.36. The summed E-state index contributed by atoms with van der Waals surface area (Å²) in [5.41, 5.74) is 5.04. The summed E-state index contributed by atoms with van der Waals surface area (Å²) >= 11 is 5.49. The quantitative estimate of drug-likeness (QED) is 0.648. The number of nitrogens with zero attached hydrogens (tertiary/aromatic N) is 1. The number of benzene rings is 2. The maximum atomic E-state index is 5.49. The minimum absolute atomic E-state index is 0.655. The first-order chi connectivity index (χ1) is 13.7. The summed E-state index contributed by atoms with van der Waals surface area (Å²) in [7, 11) is 0. The van der Waals surface area contributed by atoms with Gasteiger partial charge in [-0.15, -0.1) is 0 Å². The number of thiocarbonyl (C=S) groups is 1. The Morgan fingerprint density at radius 2 is 1.75 bits per heavy atom. The Bertz CT molecular complexity index is 742. The molecule has 3 rings (SSSR count). The van der Waals surface area contributed by atoms with Crippen molar-refractivity contribution in [1.29, 1.82) is 0 Å². The molecule has 2 N–H and O–H groups in total. The van der Waals surface area contributed by atoms with E-state index in [1.54, 1.807) is 0 Å². The SMILES string of the molecule is CCCCc1ccc(NC(=S)NCc2ccccc2CN2CCOCC2)cc1. The van der Waals surface area contributed by atoms with Crippen LogP contribution in [0.3, 0.4) is 0 Å². The predicted octanol–water partition coefficient (Wildman–Crippen LogP) is 4.35. The molecule has 0 radical (unpaired) electrons. The lowest BCUT2D eigenvalue weighted by Gasteiger charge is -2.27. The molecule has 0 saturated carbocycles. The summed E-state index contributed by atoms with van der Waals surface area (Å²) in [5.74, 6) is 0. The lowest BCUT2D eigenvalue weighted by molar-refractivity contribution is 0.0341. The van der Waals surface area contributed by atoms with E-state index in [1.165, 1.54) is 29.5 Å². The number of ether oxygens (including phenoxy) is 1. The van der Waals surface area contributed by atoms with E-state index in [0.717, 1.165) is 51.5 Å². The minimum atomic E-state index is 0.655. The first kappa shape index (κ1) is 20.8. The second kappa shape index (κ2) is 11.1. The predicted molar refractivity (Wildman–Crippen MR) is 121 cm³/mol. The number of aryl methyl sites for hydroxylation is 1. The van der Waals surface area contributed by atoms with E-state index in [-0.39, 0.29) is 0 Å². The molecule has 0 aliphatic carbocycles. The Morgan fingerprint density at radius 1 is 1.04 bits per heavy atom. The first-order valence-electron chi connectivity index (χ1n) is 10.3. The highest BCUT2D eigenvalue weighted by molar-refractivity contribution is 7.80. The highest BCUT2D eigenvalue weighted by Crippen LogP contribution is 2.14. The monoisotopic (exact) mass is 397 g/mol. The van der Waals surface area contributed by atoms with E-state index in [2.05, 4.69) is 71.0 Å². The van der Waals surface area contributed by atoms with Crippen LogP contribution in [0, 0.1) is 0 Å². The molecule has 1 heterocycles. The molecule has 4 nitrogen and oxygen atoms in total. The van der Waals surface area contributed by atoms with Gasteiger partial charge in [-0.1, -0.05) is 49.7 Å². The van der Waals surface area contributed by atoms with E-state index < -0.39 is 0 Å². The second-order valence-corrected chi connectivity index (χ2v) is 7.67. The fourth-order valence-electron chi connectivity index (χ4n) is 3.37. The molecule has 2 aromatic carbocycles. The molecular weight excluding hydrogens is 366 g/mol. The highest BCUT2D eigenvalue weighted by atomic mass is 32.1. The molecule has 1 aliphatic rings. The number of hydrogen-bond acceptors (Lipinski definition) is 3. The average molecular weight is 398 g/mol. The molecular formula is C23H31N3OS. The summed E-state index contributed by atoms with van der Waals surface area (Å²) in [6, 6.07) is 17.1. The number of anilines is 1. The molecule has 0 atom stereocenters. The number of unbranched alkanes of at least 4 members (excludes halogenated alkanes) is 1. The van der Waals surface area contributed by atoms with Crippen LogP contribution in [0.5, 0.6) is 0 Å².